The van der Waals surface area contributed by atoms with Crippen LogP contribution in [-0.4, -0.2) is 68.0 Å². The largest absolute Gasteiger partial charge is 0.357 e. The summed E-state index contributed by atoms with van der Waals surface area (Å²) in [6, 6.07) is 9.48. The molecule has 5 rings (SSSR count). The molecule has 1 unspecified atom stereocenters. The molecule has 4 heterocycles. The van der Waals surface area contributed by atoms with Gasteiger partial charge in [0.05, 0.1) is 13.1 Å². The van der Waals surface area contributed by atoms with Gasteiger partial charge in [-0.25, -0.2) is 4.39 Å². The van der Waals surface area contributed by atoms with Gasteiger partial charge in [0.1, 0.15) is 11.5 Å². The maximum atomic E-state index is 13.5. The number of nitrogens with zero attached hydrogens (tertiary/aromatic N) is 4. The molecule has 0 spiro atoms. The van der Waals surface area contributed by atoms with Crippen molar-refractivity contribution >= 4 is 17.7 Å². The number of carbonyl (C=O) groups is 3. The zero-order valence-electron chi connectivity index (χ0n) is 20.6. The molecule has 0 bridgehead atoms. The first-order valence-corrected chi connectivity index (χ1v) is 12.3. The van der Waals surface area contributed by atoms with Crippen molar-refractivity contribution in [2.75, 3.05) is 19.6 Å². The summed E-state index contributed by atoms with van der Waals surface area (Å²) in [4.78, 5) is 44.9. The van der Waals surface area contributed by atoms with Crippen LogP contribution in [0.4, 0.5) is 4.39 Å². The third-order valence-electron chi connectivity index (χ3n) is 6.99. The number of aromatic amines is 1. The van der Waals surface area contributed by atoms with Gasteiger partial charge < -0.3 is 20.1 Å². The van der Waals surface area contributed by atoms with Gasteiger partial charge in [-0.2, -0.15) is 5.10 Å². The summed E-state index contributed by atoms with van der Waals surface area (Å²) < 4.78 is 15.2. The topological polar surface area (TPSA) is 103 Å². The lowest BCUT2D eigenvalue weighted by Crippen LogP contribution is -2.40. The van der Waals surface area contributed by atoms with Crippen molar-refractivity contribution < 1.29 is 18.8 Å². The van der Waals surface area contributed by atoms with Crippen LogP contribution in [0.15, 0.2) is 55.3 Å². The average Bonchev–Trinajstić information content (AvgIpc) is 3.65. The van der Waals surface area contributed by atoms with Gasteiger partial charge in [-0.15, -0.1) is 0 Å². The molecule has 0 radical (unpaired) electrons. The van der Waals surface area contributed by atoms with Crippen LogP contribution >= 0.6 is 0 Å². The van der Waals surface area contributed by atoms with Crippen LogP contribution in [-0.2, 0) is 17.9 Å². The van der Waals surface area contributed by atoms with Gasteiger partial charge in [-0.3, -0.25) is 19.1 Å². The van der Waals surface area contributed by atoms with Crippen molar-refractivity contribution in [2.45, 2.75) is 38.4 Å². The lowest BCUT2D eigenvalue weighted by Gasteiger charge is -2.32. The van der Waals surface area contributed by atoms with E-state index < -0.39 is 0 Å². The fourth-order valence-corrected chi connectivity index (χ4v) is 5.21. The van der Waals surface area contributed by atoms with Crippen molar-refractivity contribution in [3.63, 3.8) is 0 Å². The number of carbonyl (C=O) groups excluding carboxylic acids is 3. The second kappa shape index (κ2) is 10.0. The summed E-state index contributed by atoms with van der Waals surface area (Å²) in [7, 11) is 0. The quantitative estimate of drug-likeness (QED) is 0.504. The Bertz CT molecular complexity index is 1330. The Morgan fingerprint density at radius 3 is 2.68 bits per heavy atom. The fraction of sp³-hybridized carbons (Fsp3) is 0.333. The van der Waals surface area contributed by atoms with E-state index in [9.17, 15) is 18.8 Å². The smallest absolute Gasteiger partial charge is 0.272 e. The van der Waals surface area contributed by atoms with E-state index in [2.05, 4.69) is 16.9 Å². The monoisotopic (exact) mass is 504 g/mol. The van der Waals surface area contributed by atoms with E-state index in [-0.39, 0.29) is 47.7 Å². The van der Waals surface area contributed by atoms with Crippen molar-refractivity contribution in [3.05, 3.63) is 89.3 Å². The first kappa shape index (κ1) is 24.5. The Balaban J connectivity index is 1.44. The van der Waals surface area contributed by atoms with E-state index in [0.717, 1.165) is 11.3 Å². The van der Waals surface area contributed by atoms with Gasteiger partial charge in [0.25, 0.3) is 11.8 Å². The maximum Gasteiger partial charge on any atom is 0.272 e. The van der Waals surface area contributed by atoms with Gasteiger partial charge in [-0.05, 0) is 42.3 Å². The molecule has 2 atom stereocenters. The number of fused-ring (bicyclic) bond motifs is 1. The second-order valence-corrected chi connectivity index (χ2v) is 9.61. The Hall–Kier alpha value is -4.21. The van der Waals surface area contributed by atoms with Gasteiger partial charge in [0.15, 0.2) is 5.69 Å². The Labute approximate surface area is 213 Å². The third-order valence-corrected chi connectivity index (χ3v) is 6.99. The van der Waals surface area contributed by atoms with Crippen LogP contribution in [0.2, 0.25) is 0 Å². The van der Waals surface area contributed by atoms with Crippen LogP contribution in [0.5, 0.6) is 0 Å². The molecular formula is C27H29FN6O3. The molecule has 3 amide bonds. The summed E-state index contributed by atoms with van der Waals surface area (Å²) >= 11 is 0. The Morgan fingerprint density at radius 1 is 1.19 bits per heavy atom. The number of halogens is 1. The van der Waals surface area contributed by atoms with Crippen LogP contribution in [0.1, 0.15) is 57.1 Å². The van der Waals surface area contributed by atoms with Crippen LogP contribution in [0.25, 0.3) is 0 Å². The predicted molar refractivity (Wildman–Crippen MR) is 134 cm³/mol. The number of hydrogen-bond acceptors (Lipinski definition) is 4. The molecule has 37 heavy (non-hydrogen) atoms. The molecule has 10 heteroatoms. The highest BCUT2D eigenvalue weighted by Crippen LogP contribution is 2.32. The highest BCUT2D eigenvalue weighted by Gasteiger charge is 2.35. The van der Waals surface area contributed by atoms with Crippen LogP contribution < -0.4 is 5.32 Å². The van der Waals surface area contributed by atoms with Crippen molar-refractivity contribution in [1.82, 2.24) is 29.9 Å². The van der Waals surface area contributed by atoms with E-state index in [1.165, 1.54) is 18.2 Å². The van der Waals surface area contributed by atoms with Crippen molar-refractivity contribution in [3.8, 4) is 0 Å². The summed E-state index contributed by atoms with van der Waals surface area (Å²) in [5.74, 6) is -1.05. The van der Waals surface area contributed by atoms with E-state index in [1.54, 1.807) is 44.9 Å². The molecule has 3 aromatic rings. The van der Waals surface area contributed by atoms with Gasteiger partial charge in [0, 0.05) is 49.0 Å². The van der Waals surface area contributed by atoms with Crippen molar-refractivity contribution in [2.24, 2.45) is 0 Å². The number of amides is 3. The number of hydrogen-bond donors (Lipinski definition) is 2. The highest BCUT2D eigenvalue weighted by atomic mass is 19.1. The molecule has 9 nitrogen and oxygen atoms in total. The minimum atomic E-state index is -0.339. The number of aromatic nitrogens is 3. The van der Waals surface area contributed by atoms with Crippen LogP contribution in [0, 0.1) is 5.82 Å². The normalized spacial score (nSPS) is 19.0. The zero-order chi connectivity index (χ0) is 26.1. The minimum Gasteiger partial charge on any atom is -0.357 e. The molecule has 2 aliphatic heterocycles. The molecule has 1 aromatic carbocycles. The fourth-order valence-electron chi connectivity index (χ4n) is 5.21. The van der Waals surface area contributed by atoms with Crippen molar-refractivity contribution in [1.29, 1.82) is 0 Å². The number of H-pyrrole nitrogens is 1. The standard InChI is InChI=1S/C27H29FN6O3/c1-3-23(35)32-12-10-20(15-32)30-26(36)24-21-16-33(27(37)22-5-4-11-29-22)13-17(2)25(21)34(31-24)14-18-6-8-19(28)9-7-18/h3-9,11,17,20,29H,1,10,12-16H2,2H3,(H,30,36)/t17?,20-/m1/s1. The first-order chi connectivity index (χ1) is 17.8. The molecule has 1 fully saturated rings. The molecule has 192 valence electrons. The minimum absolute atomic E-state index is 0.0793. The third kappa shape index (κ3) is 4.91. The maximum absolute atomic E-state index is 13.5. The van der Waals surface area contributed by atoms with Gasteiger partial charge in [-0.1, -0.05) is 25.6 Å². The summed E-state index contributed by atoms with van der Waals surface area (Å²) in [5, 5.41) is 7.72. The lowest BCUT2D eigenvalue weighted by atomic mass is 9.95. The average molecular weight is 505 g/mol. The summed E-state index contributed by atoms with van der Waals surface area (Å²) in [5.41, 5.74) is 3.19. The van der Waals surface area contributed by atoms with Gasteiger partial charge >= 0.3 is 0 Å². The van der Waals surface area contributed by atoms with E-state index in [1.807, 2.05) is 6.92 Å². The van der Waals surface area contributed by atoms with E-state index in [0.29, 0.717) is 43.9 Å². The Kier molecular flexibility index (Phi) is 6.64. The lowest BCUT2D eigenvalue weighted by molar-refractivity contribution is -0.125. The zero-order valence-corrected chi connectivity index (χ0v) is 20.6. The molecule has 0 aliphatic carbocycles. The second-order valence-electron chi connectivity index (χ2n) is 9.61. The number of likely N-dealkylation sites (tertiary alicyclic amines) is 1. The molecule has 2 aliphatic rings. The molecular weight excluding hydrogens is 475 g/mol. The van der Waals surface area contributed by atoms with Crippen LogP contribution in [0.3, 0.4) is 0 Å². The molecule has 2 N–H and O–H groups in total. The summed E-state index contributed by atoms with van der Waals surface area (Å²) in [6.07, 6.45) is 3.61. The Morgan fingerprint density at radius 2 is 1.97 bits per heavy atom. The SMILES string of the molecule is C=CC(=O)N1CC[C@@H](NC(=O)c2nn(Cc3ccc(F)cc3)c3c2CN(C(=O)c2ccc[nH]2)CC3C)C1. The molecule has 1 saturated heterocycles. The predicted octanol–water partition coefficient (Wildman–Crippen LogP) is 2.67. The molecule has 2 aromatic heterocycles. The number of rotatable bonds is 6. The number of nitrogens with one attached hydrogen (secondary N) is 2. The van der Waals surface area contributed by atoms with Gasteiger partial charge in [0.2, 0.25) is 5.91 Å². The van der Waals surface area contributed by atoms with E-state index in [4.69, 9.17) is 5.10 Å². The summed E-state index contributed by atoms with van der Waals surface area (Å²) in [6.45, 7) is 7.58. The first-order valence-electron chi connectivity index (χ1n) is 12.3. The number of benzene rings is 1. The molecule has 0 saturated carbocycles. The van der Waals surface area contributed by atoms with E-state index >= 15 is 0 Å². The highest BCUT2D eigenvalue weighted by molar-refractivity contribution is 5.96.